The van der Waals surface area contributed by atoms with Gasteiger partial charge in [0.2, 0.25) is 0 Å². The molecule has 1 rings (SSSR count). The van der Waals surface area contributed by atoms with E-state index in [1.165, 1.54) is 0 Å². The third kappa shape index (κ3) is 4.64. The van der Waals surface area contributed by atoms with Gasteiger partial charge in [-0.15, -0.1) is 0 Å². The van der Waals surface area contributed by atoms with Crippen LogP contribution in [0, 0.1) is 35.5 Å². The van der Waals surface area contributed by atoms with E-state index >= 15 is 0 Å². The number of rotatable bonds is 6. The van der Waals surface area contributed by atoms with E-state index < -0.39 is 30.3 Å². The minimum Gasteiger partial charge on any atom is -0.374 e. The van der Waals surface area contributed by atoms with Crippen molar-refractivity contribution in [3.05, 3.63) is 0 Å². The molecule has 4 atom stereocenters. The molecule has 4 unspecified atom stereocenters. The molecule has 1 aliphatic rings. The van der Waals surface area contributed by atoms with Gasteiger partial charge in [-0.05, 0) is 48.3 Å². The summed E-state index contributed by atoms with van der Waals surface area (Å²) in [4.78, 5) is 0. The lowest BCUT2D eigenvalue weighted by atomic mass is 9.66. The summed E-state index contributed by atoms with van der Waals surface area (Å²) in [5, 5.41) is 9.58. The van der Waals surface area contributed by atoms with Crippen molar-refractivity contribution in [2.24, 2.45) is 35.5 Å². The van der Waals surface area contributed by atoms with Gasteiger partial charge in [-0.1, -0.05) is 47.5 Å². The van der Waals surface area contributed by atoms with E-state index in [-0.39, 0.29) is 29.6 Å². The summed E-state index contributed by atoms with van der Waals surface area (Å²) in [6.07, 6.45) is -11.2. The predicted molar refractivity (Wildman–Crippen MR) is 84.8 cm³/mol. The fourth-order valence-corrected chi connectivity index (χ4v) is 4.53. The molecule has 0 saturated heterocycles. The third-order valence-corrected chi connectivity index (χ3v) is 6.14. The van der Waals surface area contributed by atoms with Gasteiger partial charge in [0.15, 0.2) is 0 Å². The highest BCUT2D eigenvalue weighted by Gasteiger charge is 2.70. The molecule has 0 spiro atoms. The van der Waals surface area contributed by atoms with Crippen molar-refractivity contribution in [2.45, 2.75) is 78.3 Å². The maximum atomic E-state index is 13.1. The summed E-state index contributed by atoms with van der Waals surface area (Å²) in [5.41, 5.74) is -4.63. The van der Waals surface area contributed by atoms with Gasteiger partial charge >= 0.3 is 12.4 Å². The van der Waals surface area contributed by atoms with Crippen molar-refractivity contribution >= 4 is 0 Å². The van der Waals surface area contributed by atoms with Crippen LogP contribution in [0.5, 0.6) is 0 Å². The van der Waals surface area contributed by atoms with Gasteiger partial charge in [0.05, 0.1) is 0 Å². The zero-order chi connectivity index (χ0) is 19.8. The number of alkyl halides is 6. The summed E-state index contributed by atoms with van der Waals surface area (Å²) in [6.45, 7) is 10.00. The number of aliphatic hydroxyl groups is 1. The average Bonchev–Trinajstić information content (AvgIpc) is 2.83. The maximum absolute atomic E-state index is 13.1. The van der Waals surface area contributed by atoms with Gasteiger partial charge in [0.25, 0.3) is 5.60 Å². The smallest absolute Gasteiger partial charge is 0.374 e. The van der Waals surface area contributed by atoms with E-state index in [0.717, 1.165) is 0 Å². The lowest BCUT2D eigenvalue weighted by Gasteiger charge is -2.41. The van der Waals surface area contributed by atoms with Crippen molar-refractivity contribution in [3.63, 3.8) is 0 Å². The molecule has 0 radical (unpaired) electrons. The Hall–Kier alpha value is -0.460. The van der Waals surface area contributed by atoms with E-state index in [1.54, 1.807) is 0 Å². The Morgan fingerprint density at radius 1 is 0.840 bits per heavy atom. The molecular formula is C18H30F6O. The molecule has 0 bridgehead atoms. The number of halogens is 6. The predicted octanol–water partition coefficient (Wildman–Crippen LogP) is 6.21. The van der Waals surface area contributed by atoms with Crippen LogP contribution in [-0.4, -0.2) is 23.1 Å². The third-order valence-electron chi connectivity index (χ3n) is 6.14. The van der Waals surface area contributed by atoms with Crippen molar-refractivity contribution in [1.82, 2.24) is 0 Å². The first kappa shape index (κ1) is 22.6. The van der Waals surface area contributed by atoms with Gasteiger partial charge < -0.3 is 5.11 Å². The van der Waals surface area contributed by atoms with E-state index in [1.807, 2.05) is 34.6 Å². The zero-order valence-corrected chi connectivity index (χ0v) is 15.5. The Morgan fingerprint density at radius 3 is 1.68 bits per heavy atom. The highest BCUT2D eigenvalue weighted by Crippen LogP contribution is 2.53. The second-order valence-electron chi connectivity index (χ2n) is 8.34. The Kier molecular flexibility index (Phi) is 6.91. The van der Waals surface area contributed by atoms with Crippen LogP contribution in [0.3, 0.4) is 0 Å². The Balaban J connectivity index is 3.14. The van der Waals surface area contributed by atoms with Crippen molar-refractivity contribution < 1.29 is 31.4 Å². The normalized spacial score (nSPS) is 25.7. The molecule has 1 N–H and O–H groups in total. The Morgan fingerprint density at radius 2 is 1.32 bits per heavy atom. The van der Waals surface area contributed by atoms with Gasteiger partial charge in [0.1, 0.15) is 0 Å². The van der Waals surface area contributed by atoms with Crippen LogP contribution in [0.1, 0.15) is 60.3 Å². The lowest BCUT2D eigenvalue weighted by Crippen LogP contribution is -2.58. The van der Waals surface area contributed by atoms with Crippen LogP contribution >= 0.6 is 0 Å². The first-order valence-corrected chi connectivity index (χ1v) is 8.99. The van der Waals surface area contributed by atoms with E-state index in [0.29, 0.717) is 19.3 Å². The second-order valence-corrected chi connectivity index (χ2v) is 8.34. The standard InChI is InChI=1S/C18H30F6O/c1-10(2)12(5)15(11(3)4)14-8-6-7-13(14)9-16(25,17(19,20)21)18(22,23)24/h10-15,25H,6-9H2,1-5H3. The van der Waals surface area contributed by atoms with Crippen LogP contribution in [0.2, 0.25) is 0 Å². The molecule has 25 heavy (non-hydrogen) atoms. The minimum atomic E-state index is -5.73. The van der Waals surface area contributed by atoms with Crippen molar-refractivity contribution in [1.29, 1.82) is 0 Å². The summed E-state index contributed by atoms with van der Waals surface area (Å²) in [6, 6.07) is 0. The van der Waals surface area contributed by atoms with Crippen LogP contribution in [-0.2, 0) is 0 Å². The molecule has 1 fully saturated rings. The van der Waals surface area contributed by atoms with Crippen molar-refractivity contribution in [3.8, 4) is 0 Å². The first-order chi connectivity index (χ1) is 11.1. The molecule has 0 aromatic carbocycles. The van der Waals surface area contributed by atoms with Crippen LogP contribution in [0.4, 0.5) is 26.3 Å². The van der Waals surface area contributed by atoms with Gasteiger partial charge in [0, 0.05) is 0 Å². The van der Waals surface area contributed by atoms with Gasteiger partial charge in [-0.2, -0.15) is 26.3 Å². The van der Waals surface area contributed by atoms with Gasteiger partial charge in [-0.25, -0.2) is 0 Å². The SMILES string of the molecule is CC(C)C(C)C(C(C)C)C1CCCC1CC(O)(C(F)(F)F)C(F)(F)F. The summed E-state index contributed by atoms with van der Waals surface area (Å²) < 4.78 is 78.3. The van der Waals surface area contributed by atoms with E-state index in [9.17, 15) is 31.4 Å². The van der Waals surface area contributed by atoms with Crippen LogP contribution in [0.25, 0.3) is 0 Å². The van der Waals surface area contributed by atoms with E-state index in [4.69, 9.17) is 0 Å². The number of hydrogen-bond donors (Lipinski definition) is 1. The van der Waals surface area contributed by atoms with E-state index in [2.05, 4.69) is 0 Å². The quantitative estimate of drug-likeness (QED) is 0.546. The Labute approximate surface area is 146 Å². The molecule has 7 heteroatoms. The summed E-state index contributed by atoms with van der Waals surface area (Å²) >= 11 is 0. The minimum absolute atomic E-state index is 0.0400. The van der Waals surface area contributed by atoms with Crippen LogP contribution in [0.15, 0.2) is 0 Å². The summed E-state index contributed by atoms with van der Waals surface area (Å²) in [7, 11) is 0. The highest BCUT2D eigenvalue weighted by molar-refractivity contribution is 4.99. The molecule has 1 saturated carbocycles. The van der Waals surface area contributed by atoms with Gasteiger partial charge in [-0.3, -0.25) is 0 Å². The molecular weight excluding hydrogens is 346 g/mol. The van der Waals surface area contributed by atoms with Crippen molar-refractivity contribution in [2.75, 3.05) is 0 Å². The largest absolute Gasteiger partial charge is 0.426 e. The fourth-order valence-electron chi connectivity index (χ4n) is 4.53. The Bertz CT molecular complexity index is 412. The fraction of sp³-hybridized carbons (Fsp3) is 1.00. The van der Waals surface area contributed by atoms with Crippen LogP contribution < -0.4 is 0 Å². The molecule has 0 heterocycles. The molecule has 0 amide bonds. The molecule has 0 aromatic heterocycles. The number of hydrogen-bond acceptors (Lipinski definition) is 1. The molecule has 0 aromatic rings. The molecule has 1 aliphatic carbocycles. The second kappa shape index (κ2) is 7.65. The highest BCUT2D eigenvalue weighted by atomic mass is 19.4. The molecule has 1 nitrogen and oxygen atoms in total. The lowest BCUT2D eigenvalue weighted by molar-refractivity contribution is -0.373. The molecule has 150 valence electrons. The maximum Gasteiger partial charge on any atom is 0.426 e. The zero-order valence-electron chi connectivity index (χ0n) is 15.5. The monoisotopic (exact) mass is 376 g/mol. The summed E-state index contributed by atoms with van der Waals surface area (Å²) in [5.74, 6) is -0.324. The first-order valence-electron chi connectivity index (χ1n) is 8.99. The molecule has 0 aliphatic heterocycles. The topological polar surface area (TPSA) is 20.2 Å². The average molecular weight is 376 g/mol.